The molecule has 0 amide bonds. The van der Waals surface area contributed by atoms with Crippen LogP contribution in [0.4, 0.5) is 0 Å². The van der Waals surface area contributed by atoms with E-state index in [0.717, 1.165) is 13.0 Å². The molecular formula is C12H21NOS. The summed E-state index contributed by atoms with van der Waals surface area (Å²) in [7, 11) is 1.77. The molecule has 1 N–H and O–H groups in total. The van der Waals surface area contributed by atoms with E-state index in [1.807, 2.05) is 11.3 Å². The zero-order chi connectivity index (χ0) is 11.3. The monoisotopic (exact) mass is 227 g/mol. The van der Waals surface area contributed by atoms with E-state index >= 15 is 0 Å². The fourth-order valence-electron chi connectivity index (χ4n) is 1.70. The van der Waals surface area contributed by atoms with Crippen LogP contribution in [0, 0.1) is 6.92 Å². The van der Waals surface area contributed by atoms with Gasteiger partial charge < -0.3 is 10.1 Å². The summed E-state index contributed by atoms with van der Waals surface area (Å²) in [4.78, 5) is 1.45. The first-order chi connectivity index (χ1) is 7.19. The molecule has 0 fully saturated rings. The largest absolute Gasteiger partial charge is 0.382 e. The summed E-state index contributed by atoms with van der Waals surface area (Å²) in [5, 5.41) is 5.68. The number of methoxy groups -OCH3 is 1. The van der Waals surface area contributed by atoms with Crippen LogP contribution in [0.25, 0.3) is 0 Å². The van der Waals surface area contributed by atoms with Gasteiger partial charge in [0.25, 0.3) is 0 Å². The summed E-state index contributed by atoms with van der Waals surface area (Å²) in [5.74, 6) is 0. The fraction of sp³-hybridized carbons (Fsp3) is 0.667. The third kappa shape index (κ3) is 3.59. The Bertz CT molecular complexity index is 285. The van der Waals surface area contributed by atoms with Crippen LogP contribution in [0.3, 0.4) is 0 Å². The van der Waals surface area contributed by atoms with E-state index in [1.165, 1.54) is 10.4 Å². The highest BCUT2D eigenvalue weighted by Crippen LogP contribution is 2.27. The second kappa shape index (κ2) is 6.26. The molecule has 1 aromatic rings. The molecule has 1 rings (SSSR count). The number of hydrogen-bond donors (Lipinski definition) is 1. The Hall–Kier alpha value is -0.380. The maximum Gasteiger partial charge on any atom is 0.0561 e. The Morgan fingerprint density at radius 2 is 2.27 bits per heavy atom. The lowest BCUT2D eigenvalue weighted by molar-refractivity contribution is 0.101. The highest BCUT2D eigenvalue weighted by molar-refractivity contribution is 7.10. The van der Waals surface area contributed by atoms with Crippen molar-refractivity contribution in [2.24, 2.45) is 0 Å². The van der Waals surface area contributed by atoms with E-state index in [0.29, 0.717) is 12.1 Å². The second-order valence-corrected chi connectivity index (χ2v) is 4.81. The Morgan fingerprint density at radius 1 is 1.53 bits per heavy atom. The summed E-state index contributed by atoms with van der Waals surface area (Å²) >= 11 is 1.83. The lowest BCUT2D eigenvalue weighted by Gasteiger charge is -2.20. The van der Waals surface area contributed by atoms with Crippen LogP contribution in [0.5, 0.6) is 0 Å². The first-order valence-electron chi connectivity index (χ1n) is 5.49. The van der Waals surface area contributed by atoms with Gasteiger partial charge in [-0.15, -0.1) is 11.3 Å². The quantitative estimate of drug-likeness (QED) is 0.806. The van der Waals surface area contributed by atoms with Crippen molar-refractivity contribution >= 4 is 11.3 Å². The van der Waals surface area contributed by atoms with Gasteiger partial charge in [0.2, 0.25) is 0 Å². The maximum absolute atomic E-state index is 5.33. The van der Waals surface area contributed by atoms with E-state index in [1.54, 1.807) is 7.11 Å². The standard InChI is InChI=1S/C12H21NOS/c1-5-13-11(8-10(3)14-4)12-9(2)6-7-15-12/h6-7,10-11,13H,5,8H2,1-4H3. The van der Waals surface area contributed by atoms with Crippen LogP contribution in [-0.4, -0.2) is 19.8 Å². The molecule has 0 aliphatic rings. The van der Waals surface area contributed by atoms with E-state index < -0.39 is 0 Å². The lowest BCUT2D eigenvalue weighted by atomic mass is 10.1. The smallest absolute Gasteiger partial charge is 0.0561 e. The molecule has 0 saturated carbocycles. The molecule has 0 bridgehead atoms. The van der Waals surface area contributed by atoms with E-state index in [2.05, 4.69) is 37.5 Å². The Balaban J connectivity index is 2.69. The highest BCUT2D eigenvalue weighted by Gasteiger charge is 2.16. The molecule has 0 aliphatic carbocycles. The number of ether oxygens (including phenoxy) is 1. The van der Waals surface area contributed by atoms with Crippen LogP contribution < -0.4 is 5.32 Å². The Morgan fingerprint density at radius 3 is 2.73 bits per heavy atom. The molecular weight excluding hydrogens is 206 g/mol. The molecule has 2 unspecified atom stereocenters. The van der Waals surface area contributed by atoms with Gasteiger partial charge in [-0.2, -0.15) is 0 Å². The van der Waals surface area contributed by atoms with Crippen molar-refractivity contribution in [1.82, 2.24) is 5.32 Å². The van der Waals surface area contributed by atoms with Crippen molar-refractivity contribution in [3.63, 3.8) is 0 Å². The van der Waals surface area contributed by atoms with Crippen LogP contribution in [-0.2, 0) is 4.74 Å². The van der Waals surface area contributed by atoms with Gasteiger partial charge >= 0.3 is 0 Å². The number of nitrogens with one attached hydrogen (secondary N) is 1. The van der Waals surface area contributed by atoms with Crippen LogP contribution in [0.15, 0.2) is 11.4 Å². The van der Waals surface area contributed by atoms with Gasteiger partial charge in [0.15, 0.2) is 0 Å². The molecule has 3 heteroatoms. The topological polar surface area (TPSA) is 21.3 Å². The molecule has 0 spiro atoms. The average molecular weight is 227 g/mol. The molecule has 2 atom stereocenters. The SMILES string of the molecule is CCNC(CC(C)OC)c1sccc1C. The van der Waals surface area contributed by atoms with E-state index in [4.69, 9.17) is 4.74 Å². The summed E-state index contributed by atoms with van der Waals surface area (Å²) in [5.41, 5.74) is 1.38. The molecule has 0 aliphatic heterocycles. The van der Waals surface area contributed by atoms with Gasteiger partial charge in [-0.1, -0.05) is 6.92 Å². The number of rotatable bonds is 6. The average Bonchev–Trinajstić information content (AvgIpc) is 2.63. The minimum atomic E-state index is 0.301. The van der Waals surface area contributed by atoms with Crippen molar-refractivity contribution < 1.29 is 4.74 Å². The minimum absolute atomic E-state index is 0.301. The van der Waals surface area contributed by atoms with Gasteiger partial charge in [-0.25, -0.2) is 0 Å². The third-order valence-corrected chi connectivity index (χ3v) is 3.77. The molecule has 1 aromatic heterocycles. The van der Waals surface area contributed by atoms with Crippen LogP contribution in [0.2, 0.25) is 0 Å². The van der Waals surface area contributed by atoms with Crippen LogP contribution in [0.1, 0.15) is 36.8 Å². The van der Waals surface area contributed by atoms with Gasteiger partial charge in [0.05, 0.1) is 6.10 Å². The molecule has 15 heavy (non-hydrogen) atoms. The molecule has 1 heterocycles. The van der Waals surface area contributed by atoms with Crippen LogP contribution >= 0.6 is 11.3 Å². The van der Waals surface area contributed by atoms with Gasteiger partial charge in [0.1, 0.15) is 0 Å². The molecule has 0 radical (unpaired) electrons. The van der Waals surface area contributed by atoms with Gasteiger partial charge in [-0.3, -0.25) is 0 Å². The second-order valence-electron chi connectivity index (χ2n) is 3.86. The van der Waals surface area contributed by atoms with Crippen molar-refractivity contribution in [1.29, 1.82) is 0 Å². The zero-order valence-electron chi connectivity index (χ0n) is 10.0. The Kier molecular flexibility index (Phi) is 5.29. The predicted octanol–water partition coefficient (Wildman–Crippen LogP) is 3.13. The van der Waals surface area contributed by atoms with E-state index in [9.17, 15) is 0 Å². The Labute approximate surface area is 96.7 Å². The predicted molar refractivity (Wildman–Crippen MR) is 66.6 cm³/mol. The fourth-order valence-corrected chi connectivity index (χ4v) is 2.72. The molecule has 0 saturated heterocycles. The number of thiophene rings is 1. The molecule has 0 aromatic carbocycles. The van der Waals surface area contributed by atoms with E-state index in [-0.39, 0.29) is 0 Å². The molecule has 86 valence electrons. The summed E-state index contributed by atoms with van der Waals surface area (Å²) in [6, 6.07) is 2.62. The van der Waals surface area contributed by atoms with Crippen molar-refractivity contribution in [3.8, 4) is 0 Å². The van der Waals surface area contributed by atoms with Gasteiger partial charge in [0, 0.05) is 18.0 Å². The van der Waals surface area contributed by atoms with Crippen molar-refractivity contribution in [3.05, 3.63) is 21.9 Å². The van der Waals surface area contributed by atoms with Crippen molar-refractivity contribution in [2.75, 3.05) is 13.7 Å². The minimum Gasteiger partial charge on any atom is -0.382 e. The summed E-state index contributed by atoms with van der Waals surface area (Å²) in [6.45, 7) is 7.44. The first kappa shape index (κ1) is 12.7. The third-order valence-electron chi connectivity index (χ3n) is 2.64. The van der Waals surface area contributed by atoms with Crippen molar-refractivity contribution in [2.45, 2.75) is 39.3 Å². The normalized spacial score (nSPS) is 15.2. The lowest BCUT2D eigenvalue weighted by Crippen LogP contribution is -2.24. The summed E-state index contributed by atoms with van der Waals surface area (Å²) < 4.78 is 5.33. The number of aryl methyl sites for hydroxylation is 1. The highest BCUT2D eigenvalue weighted by atomic mass is 32.1. The molecule has 2 nitrogen and oxygen atoms in total. The number of hydrogen-bond acceptors (Lipinski definition) is 3. The first-order valence-corrected chi connectivity index (χ1v) is 6.37. The van der Waals surface area contributed by atoms with Gasteiger partial charge in [-0.05, 0) is 43.8 Å². The maximum atomic E-state index is 5.33. The zero-order valence-corrected chi connectivity index (χ0v) is 10.9. The summed E-state index contributed by atoms with van der Waals surface area (Å²) in [6.07, 6.45) is 1.33.